The summed E-state index contributed by atoms with van der Waals surface area (Å²) in [7, 11) is 3.80. The van der Waals surface area contributed by atoms with Crippen LogP contribution in [0.15, 0.2) is 48.6 Å². The number of methoxy groups -OCH3 is 3. The second-order valence-electron chi connectivity index (χ2n) is 6.92. The minimum atomic E-state index is -0.722. The van der Waals surface area contributed by atoms with Crippen LogP contribution in [0.2, 0.25) is 0 Å². The molecular weight excluding hydrogens is 468 g/mol. The molecule has 0 aromatic carbocycles. The standard InChI is InChI=1S/C11H12O5.C8H10O4.C4H2O3.H2/c1-5-3-4-6(9(12)15-2)8-7(5)10(13)16-11(8)14;1-11-7(9)5-3-4-6-8(10)12-2;5-3-1-2-4(6)7-3;/h3-8H,1-2H3;3-6H,1-2H3;1-2H;1H/b;5-3+,6-4+;;/t5-,6+,7-,8+;;;/m0.../s1/i;;;1+2D. The van der Waals surface area contributed by atoms with Gasteiger partial charge in [0.15, 0.2) is 0 Å². The van der Waals surface area contributed by atoms with Crippen molar-refractivity contribution >= 4 is 41.8 Å². The number of hydrogen-bond acceptors (Lipinski definition) is 12. The van der Waals surface area contributed by atoms with Crippen LogP contribution in [-0.4, -0.2) is 63.1 Å². The number of ether oxygens (including phenoxy) is 5. The zero-order chi connectivity index (χ0) is 28.5. The number of esters is 7. The molecule has 0 aromatic heterocycles. The number of carbonyl (C=O) groups is 7. The van der Waals surface area contributed by atoms with Crippen molar-refractivity contribution in [2.75, 3.05) is 21.3 Å². The van der Waals surface area contributed by atoms with Gasteiger partial charge in [-0.15, -0.1) is 0 Å². The second-order valence-corrected chi connectivity index (χ2v) is 6.92. The van der Waals surface area contributed by atoms with Crippen molar-refractivity contribution in [3.8, 4) is 0 Å². The molecule has 190 valence electrons. The van der Waals surface area contributed by atoms with Gasteiger partial charge in [0.1, 0.15) is 0 Å². The molecule has 0 spiro atoms. The molecule has 12 nitrogen and oxygen atoms in total. The largest absolute Gasteiger partial charge is 0.469 e. The van der Waals surface area contributed by atoms with Crippen molar-refractivity contribution in [2.24, 2.45) is 23.7 Å². The summed E-state index contributed by atoms with van der Waals surface area (Å²) >= 11 is 0. The Hall–Kier alpha value is -4.35. The highest BCUT2D eigenvalue weighted by atomic mass is 16.6. The first kappa shape index (κ1) is 26.9. The Kier molecular flexibility index (Phi) is 10.8. The molecule has 12 heteroatoms. The summed E-state index contributed by atoms with van der Waals surface area (Å²) in [4.78, 5) is 75.2. The number of hydrogen-bond donors (Lipinski definition) is 0. The van der Waals surface area contributed by atoms with E-state index in [1.54, 1.807) is 12.2 Å². The van der Waals surface area contributed by atoms with Crippen molar-refractivity contribution in [3.63, 3.8) is 0 Å². The summed E-state index contributed by atoms with van der Waals surface area (Å²) in [5, 5.41) is 0. The summed E-state index contributed by atoms with van der Waals surface area (Å²) in [5.74, 6) is -5.84. The molecule has 0 amide bonds. The molecule has 1 aliphatic carbocycles. The molecule has 3 rings (SSSR count). The Balaban J connectivity index is 0.000000544. The molecule has 0 radical (unpaired) electrons. The first-order valence-electron chi connectivity index (χ1n) is 11.0. The van der Waals surface area contributed by atoms with Gasteiger partial charge in [-0.25, -0.2) is 19.2 Å². The predicted octanol–water partition coefficient (Wildman–Crippen LogP) is 0.614. The van der Waals surface area contributed by atoms with E-state index in [0.717, 1.165) is 12.2 Å². The van der Waals surface area contributed by atoms with E-state index in [-0.39, 0.29) is 5.92 Å². The summed E-state index contributed by atoms with van der Waals surface area (Å²) in [6, 6.07) is 0. The van der Waals surface area contributed by atoms with Crippen LogP contribution in [0, 0.1) is 23.7 Å². The fourth-order valence-electron chi connectivity index (χ4n) is 3.04. The van der Waals surface area contributed by atoms with Gasteiger partial charge in [-0.2, -0.15) is 0 Å². The van der Waals surface area contributed by atoms with Crippen LogP contribution in [-0.2, 0) is 57.2 Å². The van der Waals surface area contributed by atoms with E-state index >= 15 is 0 Å². The maximum absolute atomic E-state index is 11.5. The lowest BCUT2D eigenvalue weighted by molar-refractivity contribution is -0.156. The Morgan fingerprint density at radius 2 is 1.31 bits per heavy atom. The molecule has 0 unspecified atom stereocenters. The summed E-state index contributed by atoms with van der Waals surface area (Å²) in [6.45, 7) is 1.82. The van der Waals surface area contributed by atoms with E-state index in [2.05, 4.69) is 23.7 Å². The van der Waals surface area contributed by atoms with E-state index in [4.69, 9.17) is 2.97 Å². The third kappa shape index (κ3) is 8.84. The average Bonchev–Trinajstić information content (AvgIpc) is 3.43. The highest BCUT2D eigenvalue weighted by Crippen LogP contribution is 2.40. The fourth-order valence-corrected chi connectivity index (χ4v) is 3.04. The molecule has 3 aliphatic rings. The van der Waals surface area contributed by atoms with Gasteiger partial charge in [0.25, 0.3) is 0 Å². The van der Waals surface area contributed by atoms with Gasteiger partial charge in [-0.05, 0) is 5.92 Å². The van der Waals surface area contributed by atoms with Gasteiger partial charge in [-0.3, -0.25) is 14.4 Å². The first-order valence-corrected chi connectivity index (χ1v) is 10.0. The van der Waals surface area contributed by atoms with Gasteiger partial charge in [0.05, 0.1) is 39.1 Å². The van der Waals surface area contributed by atoms with Crippen LogP contribution in [0.4, 0.5) is 0 Å². The molecule has 0 bridgehead atoms. The van der Waals surface area contributed by atoms with E-state index in [1.165, 1.54) is 45.6 Å². The van der Waals surface area contributed by atoms with Gasteiger partial charge < -0.3 is 23.7 Å². The van der Waals surface area contributed by atoms with Crippen LogP contribution in [0.5, 0.6) is 0 Å². The van der Waals surface area contributed by atoms with Crippen molar-refractivity contribution in [1.82, 2.24) is 0 Å². The Morgan fingerprint density at radius 1 is 0.829 bits per heavy atom. The SMILES string of the molecule is COC(=O)/C=C/C=C/C(=O)OC.COC(=O)[C@@H]1C=C[C@H](C)[C@@H]2C(=O)OC(=O)[C@@H]21.O=C1C=CC(=O)O1.[2H][3H]. The molecule has 0 N–H and O–H groups in total. The lowest BCUT2D eigenvalue weighted by Gasteiger charge is -2.26. The zero-order valence-corrected chi connectivity index (χ0v) is 19.3. The number of carbonyl (C=O) groups excluding carboxylic acids is 7. The lowest BCUT2D eigenvalue weighted by atomic mass is 9.72. The summed E-state index contributed by atoms with van der Waals surface area (Å²) in [6.07, 6.45) is 10.7. The molecule has 0 saturated carbocycles. The van der Waals surface area contributed by atoms with Crippen LogP contribution in [0.1, 0.15) is 9.89 Å². The van der Waals surface area contributed by atoms with E-state index in [0.29, 0.717) is 0 Å². The van der Waals surface area contributed by atoms with Crippen molar-refractivity contribution < 1.29 is 60.2 Å². The molecular formula is C23H26O12. The molecule has 35 heavy (non-hydrogen) atoms. The molecule has 4 atom stereocenters. The predicted molar refractivity (Wildman–Crippen MR) is 117 cm³/mol. The Bertz CT molecular complexity index is 956. The Morgan fingerprint density at radius 3 is 1.71 bits per heavy atom. The molecule has 2 aliphatic heterocycles. The molecule has 2 heterocycles. The van der Waals surface area contributed by atoms with Crippen molar-refractivity contribution in [3.05, 3.63) is 48.6 Å². The van der Waals surface area contributed by atoms with Gasteiger partial charge in [0.2, 0.25) is 0 Å². The lowest BCUT2D eigenvalue weighted by Crippen LogP contribution is -2.37. The number of allylic oxidation sites excluding steroid dienone is 3. The van der Waals surface area contributed by atoms with E-state index < -0.39 is 59.5 Å². The quantitative estimate of drug-likeness (QED) is 0.133. The zero-order valence-electron chi connectivity index (χ0n) is 21.3. The number of fused-ring (bicyclic) bond motifs is 1. The molecule has 1 saturated heterocycles. The third-order valence-corrected chi connectivity index (χ3v) is 4.72. The average molecular weight is 497 g/mol. The Labute approximate surface area is 203 Å². The summed E-state index contributed by atoms with van der Waals surface area (Å²) < 4.78 is 31.8. The van der Waals surface area contributed by atoms with Crippen molar-refractivity contribution in [2.45, 2.75) is 6.92 Å². The highest BCUT2D eigenvalue weighted by Gasteiger charge is 2.53. The topological polar surface area (TPSA) is 166 Å². The van der Waals surface area contributed by atoms with Crippen LogP contribution >= 0.6 is 0 Å². The van der Waals surface area contributed by atoms with Gasteiger partial charge in [0, 0.05) is 27.3 Å². The fraction of sp³-hybridized carbons (Fsp3) is 0.348. The normalized spacial score (nSPS) is 24.2. The highest BCUT2D eigenvalue weighted by molar-refractivity contribution is 6.05. The molecule has 0 aromatic rings. The maximum atomic E-state index is 11.5. The first-order chi connectivity index (χ1) is 17.5. The minimum Gasteiger partial charge on any atom is -0.469 e. The monoisotopic (exact) mass is 497 g/mol. The smallest absolute Gasteiger partial charge is 0.338 e. The summed E-state index contributed by atoms with van der Waals surface area (Å²) in [5.41, 5.74) is 0. The molecule has 1 fully saturated rings. The van der Waals surface area contributed by atoms with E-state index in [1.807, 2.05) is 6.92 Å². The minimum absolute atomic E-state index is 0.0927. The van der Waals surface area contributed by atoms with Crippen LogP contribution in [0.3, 0.4) is 0 Å². The second kappa shape index (κ2) is 14.0. The maximum Gasteiger partial charge on any atom is 0.338 e. The third-order valence-electron chi connectivity index (χ3n) is 4.72. The van der Waals surface area contributed by atoms with Crippen LogP contribution in [0.25, 0.3) is 0 Å². The van der Waals surface area contributed by atoms with Gasteiger partial charge in [-0.1, -0.05) is 31.2 Å². The van der Waals surface area contributed by atoms with E-state index in [9.17, 15) is 33.6 Å². The van der Waals surface area contributed by atoms with Crippen LogP contribution < -0.4 is 0 Å². The van der Waals surface area contributed by atoms with Gasteiger partial charge >= 0.3 is 41.8 Å². The number of rotatable bonds is 4. The van der Waals surface area contributed by atoms with Crippen molar-refractivity contribution in [1.29, 1.82) is 0 Å². The number of cyclic esters (lactones) is 4.